The first kappa shape index (κ1) is 21.2. The Morgan fingerprint density at radius 1 is 1.10 bits per heavy atom. The van der Waals surface area contributed by atoms with Gasteiger partial charge in [-0.2, -0.15) is 13.2 Å². The molecule has 0 fully saturated rings. The maximum absolute atomic E-state index is 13.0. The van der Waals surface area contributed by atoms with Crippen molar-refractivity contribution in [2.75, 3.05) is 18.5 Å². The molecule has 1 aliphatic rings. The Morgan fingerprint density at radius 2 is 1.80 bits per heavy atom. The summed E-state index contributed by atoms with van der Waals surface area (Å²) in [5.41, 5.74) is -0.397. The van der Waals surface area contributed by atoms with Crippen LogP contribution in [-0.4, -0.2) is 29.9 Å². The molecule has 8 heteroatoms. The van der Waals surface area contributed by atoms with Crippen LogP contribution < -0.4 is 10.1 Å². The molecular formula is C22H19F3N2O3. The van der Waals surface area contributed by atoms with Crippen molar-refractivity contribution in [3.05, 3.63) is 78.0 Å². The number of halogens is 3. The summed E-state index contributed by atoms with van der Waals surface area (Å²) in [6.45, 7) is 5.82. The van der Waals surface area contributed by atoms with Crippen molar-refractivity contribution in [1.82, 2.24) is 4.90 Å². The Labute approximate surface area is 171 Å². The molecule has 0 spiro atoms. The fourth-order valence-electron chi connectivity index (χ4n) is 3.06. The molecule has 1 aliphatic heterocycles. The number of hydrogen-bond donors (Lipinski definition) is 1. The number of imide groups is 1. The van der Waals surface area contributed by atoms with Gasteiger partial charge in [0.05, 0.1) is 17.7 Å². The monoisotopic (exact) mass is 416 g/mol. The topological polar surface area (TPSA) is 58.6 Å². The number of ether oxygens (including phenoxy) is 1. The highest BCUT2D eigenvalue weighted by Gasteiger charge is 2.39. The molecule has 0 aromatic heterocycles. The van der Waals surface area contributed by atoms with Crippen LogP contribution in [0.15, 0.2) is 66.9 Å². The highest BCUT2D eigenvalue weighted by atomic mass is 19.4. The number of nitrogens with one attached hydrogen (secondary N) is 1. The fourth-order valence-corrected chi connectivity index (χ4v) is 3.06. The van der Waals surface area contributed by atoms with Gasteiger partial charge in [0, 0.05) is 12.2 Å². The lowest BCUT2D eigenvalue weighted by atomic mass is 10.0. The van der Waals surface area contributed by atoms with Crippen molar-refractivity contribution >= 4 is 23.1 Å². The second-order valence-corrected chi connectivity index (χ2v) is 6.42. The molecule has 0 atom stereocenters. The van der Waals surface area contributed by atoms with Crippen molar-refractivity contribution in [3.63, 3.8) is 0 Å². The van der Waals surface area contributed by atoms with Crippen LogP contribution in [0.4, 0.5) is 18.9 Å². The van der Waals surface area contributed by atoms with E-state index in [9.17, 15) is 22.8 Å². The van der Waals surface area contributed by atoms with E-state index in [1.807, 2.05) is 6.92 Å². The molecule has 3 rings (SSSR count). The lowest BCUT2D eigenvalue weighted by Crippen LogP contribution is -2.32. The summed E-state index contributed by atoms with van der Waals surface area (Å²) in [6.07, 6.45) is -3.13. The zero-order valence-electron chi connectivity index (χ0n) is 16.1. The Kier molecular flexibility index (Phi) is 5.96. The van der Waals surface area contributed by atoms with Gasteiger partial charge in [-0.1, -0.05) is 24.3 Å². The molecule has 0 saturated carbocycles. The number of carbonyl (C=O) groups is 2. The van der Waals surface area contributed by atoms with E-state index in [2.05, 4.69) is 11.9 Å². The molecule has 2 aromatic carbocycles. The third-order valence-corrected chi connectivity index (χ3v) is 4.39. The maximum Gasteiger partial charge on any atom is 0.416 e. The fraction of sp³-hybridized carbons (Fsp3) is 0.182. The minimum atomic E-state index is -4.53. The molecule has 5 nitrogen and oxygen atoms in total. The SMILES string of the molecule is C=CCN1C(=O)C(Nc2cccc(C(F)(F)F)c2)=C(c2ccc(OCC)cc2)C1=O. The van der Waals surface area contributed by atoms with Crippen molar-refractivity contribution in [2.24, 2.45) is 0 Å². The zero-order valence-corrected chi connectivity index (χ0v) is 16.1. The number of amides is 2. The predicted octanol–water partition coefficient (Wildman–Crippen LogP) is 4.48. The predicted molar refractivity (Wildman–Crippen MR) is 107 cm³/mol. The minimum absolute atomic E-state index is 0.0219. The second-order valence-electron chi connectivity index (χ2n) is 6.42. The lowest BCUT2D eigenvalue weighted by molar-refractivity contribution is -0.138. The van der Waals surface area contributed by atoms with Gasteiger partial charge in [0.1, 0.15) is 11.4 Å². The quantitative estimate of drug-likeness (QED) is 0.534. The zero-order chi connectivity index (χ0) is 21.9. The summed E-state index contributed by atoms with van der Waals surface area (Å²) in [5, 5.41) is 2.71. The number of carbonyl (C=O) groups excluding carboxylic acids is 2. The van der Waals surface area contributed by atoms with Gasteiger partial charge in [0.25, 0.3) is 11.8 Å². The average molecular weight is 416 g/mol. The molecule has 1 N–H and O–H groups in total. The van der Waals surface area contributed by atoms with Gasteiger partial charge in [-0.3, -0.25) is 14.5 Å². The van der Waals surface area contributed by atoms with Gasteiger partial charge >= 0.3 is 6.18 Å². The van der Waals surface area contributed by atoms with Crippen molar-refractivity contribution in [1.29, 1.82) is 0 Å². The van der Waals surface area contributed by atoms with E-state index < -0.39 is 23.6 Å². The van der Waals surface area contributed by atoms with Crippen molar-refractivity contribution in [2.45, 2.75) is 13.1 Å². The van der Waals surface area contributed by atoms with Crippen LogP contribution in [-0.2, 0) is 15.8 Å². The number of anilines is 1. The summed E-state index contributed by atoms with van der Waals surface area (Å²) in [5.74, 6) is -0.603. The Bertz CT molecular complexity index is 1010. The highest BCUT2D eigenvalue weighted by molar-refractivity contribution is 6.36. The van der Waals surface area contributed by atoms with Crippen LogP contribution in [0, 0.1) is 0 Å². The third kappa shape index (κ3) is 4.22. The Morgan fingerprint density at radius 3 is 2.40 bits per heavy atom. The van der Waals surface area contributed by atoms with Gasteiger partial charge in [0.2, 0.25) is 0 Å². The molecule has 2 aromatic rings. The summed E-state index contributed by atoms with van der Waals surface area (Å²) >= 11 is 0. The van der Waals surface area contributed by atoms with Crippen LogP contribution in [0.1, 0.15) is 18.1 Å². The van der Waals surface area contributed by atoms with Gasteiger partial charge < -0.3 is 10.1 Å². The largest absolute Gasteiger partial charge is 0.494 e. The average Bonchev–Trinajstić information content (AvgIpc) is 2.93. The van der Waals surface area contributed by atoms with Crippen LogP contribution in [0.2, 0.25) is 0 Å². The Balaban J connectivity index is 2.04. The summed E-state index contributed by atoms with van der Waals surface area (Å²) in [6, 6.07) is 11.0. The van der Waals surface area contributed by atoms with Gasteiger partial charge in [0.15, 0.2) is 0 Å². The summed E-state index contributed by atoms with van der Waals surface area (Å²) in [7, 11) is 0. The van der Waals surface area contributed by atoms with E-state index >= 15 is 0 Å². The molecule has 2 amide bonds. The lowest BCUT2D eigenvalue weighted by Gasteiger charge is -2.13. The molecule has 0 saturated heterocycles. The van der Waals surface area contributed by atoms with Crippen LogP contribution in [0.3, 0.4) is 0 Å². The normalized spacial score (nSPS) is 14.3. The second kappa shape index (κ2) is 8.44. The number of nitrogens with zero attached hydrogens (tertiary/aromatic N) is 1. The summed E-state index contributed by atoms with van der Waals surface area (Å²) < 4.78 is 44.5. The van der Waals surface area contributed by atoms with E-state index in [1.165, 1.54) is 18.2 Å². The first-order valence-corrected chi connectivity index (χ1v) is 9.15. The molecule has 30 heavy (non-hydrogen) atoms. The number of hydrogen-bond acceptors (Lipinski definition) is 4. The smallest absolute Gasteiger partial charge is 0.416 e. The first-order chi connectivity index (χ1) is 14.3. The molecule has 1 heterocycles. The third-order valence-electron chi connectivity index (χ3n) is 4.39. The van der Waals surface area contributed by atoms with Crippen molar-refractivity contribution < 1.29 is 27.5 Å². The maximum atomic E-state index is 13.0. The van der Waals surface area contributed by atoms with Gasteiger partial charge in [-0.25, -0.2) is 0 Å². The molecular weight excluding hydrogens is 397 g/mol. The van der Waals surface area contributed by atoms with E-state index in [4.69, 9.17) is 4.74 Å². The van der Waals surface area contributed by atoms with Crippen LogP contribution in [0.25, 0.3) is 5.57 Å². The van der Waals surface area contributed by atoms with E-state index in [0.29, 0.717) is 17.9 Å². The molecule has 0 unspecified atom stereocenters. The number of benzene rings is 2. The van der Waals surface area contributed by atoms with E-state index in [1.54, 1.807) is 24.3 Å². The van der Waals surface area contributed by atoms with Crippen LogP contribution >= 0.6 is 0 Å². The summed E-state index contributed by atoms with van der Waals surface area (Å²) in [4.78, 5) is 26.7. The molecule has 156 valence electrons. The van der Waals surface area contributed by atoms with E-state index in [0.717, 1.165) is 17.0 Å². The molecule has 0 bridgehead atoms. The number of rotatable bonds is 7. The Hall–Kier alpha value is -3.55. The van der Waals surface area contributed by atoms with Gasteiger partial charge in [-0.15, -0.1) is 6.58 Å². The number of alkyl halides is 3. The minimum Gasteiger partial charge on any atom is -0.494 e. The highest BCUT2D eigenvalue weighted by Crippen LogP contribution is 2.34. The molecule has 0 radical (unpaired) electrons. The van der Waals surface area contributed by atoms with Gasteiger partial charge in [-0.05, 0) is 42.8 Å². The standard InChI is InChI=1S/C22H19F3N2O3/c1-3-12-27-20(28)18(14-8-10-17(11-9-14)30-4-2)19(21(27)29)26-16-7-5-6-15(13-16)22(23,24)25/h3,5-11,13,26H,1,4,12H2,2H3. The molecule has 0 aliphatic carbocycles. The van der Waals surface area contributed by atoms with Crippen molar-refractivity contribution in [3.8, 4) is 5.75 Å². The van der Waals surface area contributed by atoms with E-state index in [-0.39, 0.29) is 23.5 Å². The van der Waals surface area contributed by atoms with Crippen LogP contribution in [0.5, 0.6) is 5.75 Å². The first-order valence-electron chi connectivity index (χ1n) is 9.15.